The lowest BCUT2D eigenvalue weighted by Gasteiger charge is -2.35. The molecule has 2 unspecified atom stereocenters. The van der Waals surface area contributed by atoms with Crippen LogP contribution in [0.25, 0.3) is 0 Å². The molecule has 202 valence electrons. The number of halogens is 2. The van der Waals surface area contributed by atoms with Gasteiger partial charge in [-0.3, -0.25) is 9.69 Å². The number of hydrogen-bond donors (Lipinski definition) is 2. The summed E-state index contributed by atoms with van der Waals surface area (Å²) in [6, 6.07) is 9.13. The van der Waals surface area contributed by atoms with Gasteiger partial charge >= 0.3 is 6.03 Å². The molecule has 0 bridgehead atoms. The zero-order valence-corrected chi connectivity index (χ0v) is 22.2. The van der Waals surface area contributed by atoms with E-state index in [9.17, 15) is 18.4 Å². The number of pyridine rings is 1. The van der Waals surface area contributed by atoms with Crippen LogP contribution in [-0.2, 0) is 4.79 Å². The van der Waals surface area contributed by atoms with E-state index >= 15 is 0 Å². The molecule has 4 heterocycles. The Hall–Kier alpha value is -3.70. The van der Waals surface area contributed by atoms with Crippen LogP contribution in [0.1, 0.15) is 30.0 Å². The molecule has 0 spiro atoms. The first-order valence-corrected chi connectivity index (χ1v) is 13.6. The minimum absolute atomic E-state index is 0.0792. The molecule has 2 aromatic carbocycles. The van der Waals surface area contributed by atoms with Crippen LogP contribution in [0.5, 0.6) is 11.5 Å². The minimum Gasteiger partial charge on any atom is -0.454 e. The predicted octanol–water partition coefficient (Wildman–Crippen LogP) is 5.05. The number of ether oxygens (including phenoxy) is 1. The number of urea groups is 1. The van der Waals surface area contributed by atoms with E-state index in [1.54, 1.807) is 35.4 Å². The van der Waals surface area contributed by atoms with E-state index in [0.717, 1.165) is 43.6 Å². The number of nitrogens with zero attached hydrogens (tertiary/aromatic N) is 3. The van der Waals surface area contributed by atoms with Crippen LogP contribution in [0.15, 0.2) is 53.7 Å². The summed E-state index contributed by atoms with van der Waals surface area (Å²) in [6.45, 7) is 3.64. The molecular formula is C28H27F2N5O3S. The van der Waals surface area contributed by atoms with E-state index in [0.29, 0.717) is 27.7 Å². The van der Waals surface area contributed by atoms with Gasteiger partial charge in [-0.2, -0.15) is 0 Å². The van der Waals surface area contributed by atoms with E-state index in [1.165, 1.54) is 17.8 Å². The second-order valence-electron chi connectivity index (χ2n) is 10.1. The standard InChI is InChI=1S/C28H27F2N5O3S/c1-15-12-18(38-22-8-5-16(29)13-19(22)30)6-7-20(15)35-21-9-10-31-27-23(21)24(33-28(35)37)25(39-27)26(36)32-17-4-3-11-34(2)14-17/h5-10,12-13,17,24-25H,3-4,11,14H2,1-2H3,(H,32,36)(H,33,37)/t17?,24?,25-/m1/s1. The van der Waals surface area contributed by atoms with Crippen molar-refractivity contribution in [2.75, 3.05) is 25.0 Å². The summed E-state index contributed by atoms with van der Waals surface area (Å²) < 4.78 is 32.9. The Morgan fingerprint density at radius 1 is 1.18 bits per heavy atom. The molecule has 3 amide bonds. The van der Waals surface area contributed by atoms with Crippen molar-refractivity contribution in [3.05, 3.63) is 71.4 Å². The van der Waals surface area contributed by atoms with Crippen LogP contribution in [0.4, 0.5) is 25.0 Å². The number of hydrogen-bond acceptors (Lipinski definition) is 6. The number of benzene rings is 2. The topological polar surface area (TPSA) is 86.8 Å². The fourth-order valence-electron chi connectivity index (χ4n) is 5.46. The molecule has 8 nitrogen and oxygen atoms in total. The van der Waals surface area contributed by atoms with Crippen LogP contribution in [-0.4, -0.2) is 53.3 Å². The first kappa shape index (κ1) is 25.6. The molecule has 1 fully saturated rings. The smallest absolute Gasteiger partial charge is 0.327 e. The molecule has 2 N–H and O–H groups in total. The molecule has 39 heavy (non-hydrogen) atoms. The highest BCUT2D eigenvalue weighted by molar-refractivity contribution is 8.01. The third-order valence-electron chi connectivity index (χ3n) is 7.27. The van der Waals surface area contributed by atoms with Crippen molar-refractivity contribution in [2.45, 2.75) is 42.1 Å². The monoisotopic (exact) mass is 551 g/mol. The third kappa shape index (κ3) is 4.80. The lowest BCUT2D eigenvalue weighted by atomic mass is 9.98. The quantitative estimate of drug-likeness (QED) is 0.462. The highest BCUT2D eigenvalue weighted by Gasteiger charge is 2.47. The lowest BCUT2D eigenvalue weighted by Crippen LogP contribution is -2.52. The van der Waals surface area contributed by atoms with Crippen molar-refractivity contribution in [3.63, 3.8) is 0 Å². The Morgan fingerprint density at radius 3 is 2.79 bits per heavy atom. The first-order valence-electron chi connectivity index (χ1n) is 12.8. The molecule has 1 saturated heterocycles. The molecule has 3 atom stereocenters. The average Bonchev–Trinajstić information content (AvgIpc) is 3.26. The van der Waals surface area contributed by atoms with Crippen molar-refractivity contribution >= 4 is 35.1 Å². The van der Waals surface area contributed by atoms with Gasteiger partial charge in [0.05, 0.1) is 17.4 Å². The van der Waals surface area contributed by atoms with Crippen molar-refractivity contribution < 1.29 is 23.1 Å². The number of nitrogens with one attached hydrogen (secondary N) is 2. The minimum atomic E-state index is -0.808. The van der Waals surface area contributed by atoms with E-state index in [-0.39, 0.29) is 23.7 Å². The molecule has 3 aromatic rings. The normalized spacial score (nSPS) is 22.3. The Bertz CT molecular complexity index is 1470. The molecule has 0 saturated carbocycles. The van der Waals surface area contributed by atoms with Gasteiger partial charge in [-0.15, -0.1) is 0 Å². The number of likely N-dealkylation sites (N-methyl/N-ethyl adjacent to an activating group) is 1. The largest absolute Gasteiger partial charge is 0.454 e. The van der Waals surface area contributed by atoms with Gasteiger partial charge in [0.2, 0.25) is 5.91 Å². The Morgan fingerprint density at radius 2 is 2.03 bits per heavy atom. The molecule has 3 aliphatic rings. The summed E-state index contributed by atoms with van der Waals surface area (Å²) in [5.74, 6) is -1.36. The number of rotatable bonds is 5. The van der Waals surface area contributed by atoms with Crippen molar-refractivity contribution in [2.24, 2.45) is 0 Å². The number of carbonyl (C=O) groups is 2. The summed E-state index contributed by atoms with van der Waals surface area (Å²) in [4.78, 5) is 35.1. The van der Waals surface area contributed by atoms with E-state index < -0.39 is 22.9 Å². The molecule has 3 aliphatic heterocycles. The fraction of sp³-hybridized carbons (Fsp3) is 0.321. The third-order valence-corrected chi connectivity index (χ3v) is 8.55. The maximum Gasteiger partial charge on any atom is 0.327 e. The van der Waals surface area contributed by atoms with Crippen LogP contribution in [0, 0.1) is 18.6 Å². The molecule has 6 rings (SSSR count). The summed E-state index contributed by atoms with van der Waals surface area (Å²) in [5, 5.41) is 6.41. The van der Waals surface area contributed by atoms with Gasteiger partial charge in [-0.05, 0) is 75.3 Å². The SMILES string of the molecule is Cc1cc(Oc2ccc(F)cc2F)ccc1N1C(=O)NC2c3c1ccnc3S[C@H]2C(=O)NC1CCCN(C)C1. The number of thioether (sulfide) groups is 1. The Labute approximate surface area is 228 Å². The maximum atomic E-state index is 14.1. The number of aryl methyl sites for hydroxylation is 1. The number of carbonyl (C=O) groups excluding carboxylic acids is 2. The number of aromatic nitrogens is 1. The van der Waals surface area contributed by atoms with Gasteiger partial charge in [0.15, 0.2) is 11.6 Å². The highest BCUT2D eigenvalue weighted by Crippen LogP contribution is 2.51. The maximum absolute atomic E-state index is 14.1. The second kappa shape index (κ2) is 10.1. The van der Waals surface area contributed by atoms with Crippen molar-refractivity contribution in [1.29, 1.82) is 0 Å². The molecule has 0 aliphatic carbocycles. The Kier molecular flexibility index (Phi) is 6.64. The average molecular weight is 552 g/mol. The van der Waals surface area contributed by atoms with Crippen LogP contribution >= 0.6 is 11.8 Å². The van der Waals surface area contributed by atoms with Gasteiger partial charge in [-0.1, -0.05) is 11.8 Å². The van der Waals surface area contributed by atoms with Gasteiger partial charge in [0.1, 0.15) is 21.8 Å². The molecule has 1 aromatic heterocycles. The van der Waals surface area contributed by atoms with Gasteiger partial charge in [0.25, 0.3) is 0 Å². The lowest BCUT2D eigenvalue weighted by molar-refractivity contribution is -0.122. The second-order valence-corrected chi connectivity index (χ2v) is 11.2. The number of anilines is 2. The van der Waals surface area contributed by atoms with Crippen LogP contribution < -0.4 is 20.3 Å². The van der Waals surface area contributed by atoms with E-state index in [4.69, 9.17) is 4.74 Å². The van der Waals surface area contributed by atoms with Crippen molar-refractivity contribution in [1.82, 2.24) is 20.5 Å². The predicted molar refractivity (Wildman–Crippen MR) is 144 cm³/mol. The zero-order chi connectivity index (χ0) is 27.3. The summed E-state index contributed by atoms with van der Waals surface area (Å²) in [5.41, 5.74) is 2.79. The zero-order valence-electron chi connectivity index (χ0n) is 21.4. The van der Waals surface area contributed by atoms with E-state index in [1.807, 2.05) is 14.0 Å². The summed E-state index contributed by atoms with van der Waals surface area (Å²) >= 11 is 1.37. The van der Waals surface area contributed by atoms with Gasteiger partial charge in [-0.25, -0.2) is 18.6 Å². The van der Waals surface area contributed by atoms with Crippen LogP contribution in [0.2, 0.25) is 0 Å². The Balaban J connectivity index is 1.26. The molecule has 11 heteroatoms. The number of amides is 3. The van der Waals surface area contributed by atoms with Crippen molar-refractivity contribution in [3.8, 4) is 11.5 Å². The highest BCUT2D eigenvalue weighted by atomic mass is 32.2. The fourth-order valence-corrected chi connectivity index (χ4v) is 6.70. The van der Waals surface area contributed by atoms with Gasteiger partial charge in [0, 0.05) is 30.4 Å². The molecule has 0 radical (unpaired) electrons. The van der Waals surface area contributed by atoms with Crippen LogP contribution in [0.3, 0.4) is 0 Å². The summed E-state index contributed by atoms with van der Waals surface area (Å²) in [7, 11) is 2.05. The summed E-state index contributed by atoms with van der Waals surface area (Å²) in [6.07, 6.45) is 3.61. The number of likely N-dealkylation sites (tertiary alicyclic amines) is 1. The van der Waals surface area contributed by atoms with Gasteiger partial charge < -0.3 is 20.3 Å². The number of piperidine rings is 1. The first-order chi connectivity index (χ1) is 18.8. The molecular weight excluding hydrogens is 524 g/mol. The van der Waals surface area contributed by atoms with E-state index in [2.05, 4.69) is 20.5 Å².